The molecule has 0 aliphatic heterocycles. The minimum atomic E-state index is 0.673. The van der Waals surface area contributed by atoms with Crippen LogP contribution in [0.2, 0.25) is 0 Å². The van der Waals surface area contributed by atoms with Crippen LogP contribution in [0.3, 0.4) is 0 Å². The highest BCUT2D eigenvalue weighted by atomic mass is 15.2. The molecule has 0 spiro atoms. The fraction of sp³-hybridized carbons (Fsp3) is 0.545. The molecular formula is C11H17N3. The summed E-state index contributed by atoms with van der Waals surface area (Å²) in [5.41, 5.74) is 6.96. The Morgan fingerprint density at radius 1 is 1.57 bits per heavy atom. The van der Waals surface area contributed by atoms with Crippen LogP contribution in [0, 0.1) is 0 Å². The summed E-state index contributed by atoms with van der Waals surface area (Å²) in [6, 6.07) is 4.80. The van der Waals surface area contributed by atoms with E-state index in [1.165, 1.54) is 12.8 Å². The van der Waals surface area contributed by atoms with Gasteiger partial charge in [-0.25, -0.2) is 4.98 Å². The minimum absolute atomic E-state index is 0.673. The van der Waals surface area contributed by atoms with Gasteiger partial charge in [-0.2, -0.15) is 0 Å². The molecule has 76 valence electrons. The summed E-state index contributed by atoms with van der Waals surface area (Å²) in [7, 11) is 0. The fourth-order valence-corrected chi connectivity index (χ4v) is 1.74. The molecule has 2 N–H and O–H groups in total. The van der Waals surface area contributed by atoms with Gasteiger partial charge in [-0.3, -0.25) is 4.90 Å². The van der Waals surface area contributed by atoms with E-state index in [1.807, 2.05) is 6.07 Å². The van der Waals surface area contributed by atoms with Crippen LogP contribution in [-0.2, 0) is 6.54 Å². The highest BCUT2D eigenvalue weighted by Crippen LogP contribution is 2.28. The zero-order valence-corrected chi connectivity index (χ0v) is 8.61. The summed E-state index contributed by atoms with van der Waals surface area (Å²) < 4.78 is 0. The molecule has 0 atom stereocenters. The average Bonchev–Trinajstić information content (AvgIpc) is 3.00. The SMILES string of the molecule is CCN(Cc1cccnc1N)C1CC1. The quantitative estimate of drug-likeness (QED) is 0.786. The van der Waals surface area contributed by atoms with Gasteiger partial charge in [0.15, 0.2) is 0 Å². The monoisotopic (exact) mass is 191 g/mol. The molecule has 1 aromatic heterocycles. The summed E-state index contributed by atoms with van der Waals surface area (Å²) in [5, 5.41) is 0. The van der Waals surface area contributed by atoms with Crippen molar-refractivity contribution in [3.63, 3.8) is 0 Å². The third-order valence-electron chi connectivity index (χ3n) is 2.77. The van der Waals surface area contributed by atoms with Crippen LogP contribution >= 0.6 is 0 Å². The minimum Gasteiger partial charge on any atom is -0.383 e. The van der Waals surface area contributed by atoms with Gasteiger partial charge in [-0.15, -0.1) is 0 Å². The molecule has 0 radical (unpaired) electrons. The second-order valence-electron chi connectivity index (χ2n) is 3.84. The molecule has 1 aromatic rings. The first-order valence-electron chi connectivity index (χ1n) is 5.24. The summed E-state index contributed by atoms with van der Waals surface area (Å²) in [6.45, 7) is 4.24. The zero-order chi connectivity index (χ0) is 9.97. The van der Waals surface area contributed by atoms with Gasteiger partial charge in [0.1, 0.15) is 5.82 Å². The van der Waals surface area contributed by atoms with Crippen LogP contribution in [0.15, 0.2) is 18.3 Å². The van der Waals surface area contributed by atoms with E-state index in [0.29, 0.717) is 5.82 Å². The molecule has 0 amide bonds. The maximum Gasteiger partial charge on any atom is 0.127 e. The molecular weight excluding hydrogens is 174 g/mol. The van der Waals surface area contributed by atoms with E-state index in [1.54, 1.807) is 6.20 Å². The van der Waals surface area contributed by atoms with Gasteiger partial charge >= 0.3 is 0 Å². The topological polar surface area (TPSA) is 42.2 Å². The van der Waals surface area contributed by atoms with Crippen LogP contribution in [-0.4, -0.2) is 22.5 Å². The highest BCUT2D eigenvalue weighted by Gasteiger charge is 2.27. The number of aromatic nitrogens is 1. The van der Waals surface area contributed by atoms with Crippen LogP contribution < -0.4 is 5.73 Å². The van der Waals surface area contributed by atoms with Crippen molar-refractivity contribution < 1.29 is 0 Å². The van der Waals surface area contributed by atoms with Gasteiger partial charge in [0.05, 0.1) is 0 Å². The molecule has 1 aliphatic carbocycles. The van der Waals surface area contributed by atoms with Crippen molar-refractivity contribution in [1.29, 1.82) is 0 Å². The largest absolute Gasteiger partial charge is 0.383 e. The molecule has 3 heteroatoms. The molecule has 0 unspecified atom stereocenters. The van der Waals surface area contributed by atoms with E-state index in [0.717, 1.165) is 24.7 Å². The number of anilines is 1. The zero-order valence-electron chi connectivity index (χ0n) is 8.61. The number of nitrogen functional groups attached to an aromatic ring is 1. The molecule has 2 rings (SSSR count). The van der Waals surface area contributed by atoms with Crippen molar-refractivity contribution >= 4 is 5.82 Å². The predicted octanol–water partition coefficient (Wildman–Crippen LogP) is 1.65. The number of hydrogen-bond acceptors (Lipinski definition) is 3. The smallest absolute Gasteiger partial charge is 0.127 e. The molecule has 14 heavy (non-hydrogen) atoms. The lowest BCUT2D eigenvalue weighted by molar-refractivity contribution is 0.269. The number of rotatable bonds is 4. The van der Waals surface area contributed by atoms with Gasteiger partial charge < -0.3 is 5.73 Å². The maximum absolute atomic E-state index is 5.81. The van der Waals surface area contributed by atoms with Crippen molar-refractivity contribution in [3.05, 3.63) is 23.9 Å². The van der Waals surface area contributed by atoms with Crippen LogP contribution in [0.5, 0.6) is 0 Å². The van der Waals surface area contributed by atoms with E-state index in [2.05, 4.69) is 22.9 Å². The highest BCUT2D eigenvalue weighted by molar-refractivity contribution is 5.38. The van der Waals surface area contributed by atoms with Crippen LogP contribution in [0.1, 0.15) is 25.3 Å². The lowest BCUT2D eigenvalue weighted by Crippen LogP contribution is -2.25. The van der Waals surface area contributed by atoms with E-state index >= 15 is 0 Å². The maximum atomic E-state index is 5.81. The molecule has 1 aliphatic rings. The molecule has 3 nitrogen and oxygen atoms in total. The van der Waals surface area contributed by atoms with Crippen molar-refractivity contribution in [2.75, 3.05) is 12.3 Å². The first kappa shape index (κ1) is 9.46. The average molecular weight is 191 g/mol. The van der Waals surface area contributed by atoms with E-state index in [4.69, 9.17) is 5.73 Å². The molecule has 1 heterocycles. The third-order valence-corrected chi connectivity index (χ3v) is 2.77. The Kier molecular flexibility index (Phi) is 2.68. The van der Waals surface area contributed by atoms with Gasteiger partial charge in [-0.1, -0.05) is 13.0 Å². The van der Waals surface area contributed by atoms with Gasteiger partial charge in [0, 0.05) is 24.3 Å². The van der Waals surface area contributed by atoms with Crippen LogP contribution in [0.25, 0.3) is 0 Å². The number of nitrogens with two attached hydrogens (primary N) is 1. The molecule has 0 aromatic carbocycles. The second kappa shape index (κ2) is 3.96. The molecule has 1 fully saturated rings. The van der Waals surface area contributed by atoms with E-state index in [-0.39, 0.29) is 0 Å². The first-order valence-corrected chi connectivity index (χ1v) is 5.24. The van der Waals surface area contributed by atoms with E-state index in [9.17, 15) is 0 Å². The molecule has 0 saturated heterocycles. The van der Waals surface area contributed by atoms with Gasteiger partial charge in [-0.05, 0) is 25.5 Å². The second-order valence-corrected chi connectivity index (χ2v) is 3.84. The lowest BCUT2D eigenvalue weighted by atomic mass is 10.2. The Hall–Kier alpha value is -1.09. The van der Waals surface area contributed by atoms with Crippen molar-refractivity contribution in [2.24, 2.45) is 0 Å². The number of hydrogen-bond donors (Lipinski definition) is 1. The van der Waals surface area contributed by atoms with Crippen LogP contribution in [0.4, 0.5) is 5.82 Å². The number of pyridine rings is 1. The number of nitrogens with zero attached hydrogens (tertiary/aromatic N) is 2. The Bertz CT molecular complexity index is 307. The lowest BCUT2D eigenvalue weighted by Gasteiger charge is -2.20. The van der Waals surface area contributed by atoms with Crippen molar-refractivity contribution in [1.82, 2.24) is 9.88 Å². The summed E-state index contributed by atoms with van der Waals surface area (Å²) in [6.07, 6.45) is 4.42. The normalized spacial score (nSPS) is 16.1. The summed E-state index contributed by atoms with van der Waals surface area (Å²) in [4.78, 5) is 6.56. The van der Waals surface area contributed by atoms with E-state index < -0.39 is 0 Å². The summed E-state index contributed by atoms with van der Waals surface area (Å²) in [5.74, 6) is 0.673. The first-order chi connectivity index (χ1) is 6.81. The fourth-order valence-electron chi connectivity index (χ4n) is 1.74. The Labute approximate surface area is 84.9 Å². The Morgan fingerprint density at radius 2 is 2.36 bits per heavy atom. The molecule has 1 saturated carbocycles. The van der Waals surface area contributed by atoms with Crippen molar-refractivity contribution in [3.8, 4) is 0 Å². The standard InChI is InChI=1S/C11H17N3/c1-2-14(10-5-6-10)8-9-4-3-7-13-11(9)12/h3-4,7,10H,2,5-6,8H2,1H3,(H2,12,13). The Morgan fingerprint density at radius 3 is 2.93 bits per heavy atom. The van der Waals surface area contributed by atoms with Crippen molar-refractivity contribution in [2.45, 2.75) is 32.4 Å². The molecule has 0 bridgehead atoms. The van der Waals surface area contributed by atoms with Gasteiger partial charge in [0.25, 0.3) is 0 Å². The Balaban J connectivity index is 2.04. The summed E-state index contributed by atoms with van der Waals surface area (Å²) >= 11 is 0. The third kappa shape index (κ3) is 2.04. The van der Waals surface area contributed by atoms with Gasteiger partial charge in [0.2, 0.25) is 0 Å². The predicted molar refractivity (Wildman–Crippen MR) is 57.8 cm³/mol.